The number of fused-ring (bicyclic) bond motifs is 1. The Kier molecular flexibility index (Phi) is 9.07. The number of nitrogens with zero attached hydrogens (tertiary/aromatic N) is 3. The molecule has 1 unspecified atom stereocenters. The lowest BCUT2D eigenvalue weighted by Crippen LogP contribution is -2.42. The normalized spacial score (nSPS) is 12.9. The van der Waals surface area contributed by atoms with E-state index in [1.54, 1.807) is 27.7 Å². The molecule has 2 aliphatic rings. The lowest BCUT2D eigenvalue weighted by molar-refractivity contribution is -0.144. The number of rotatable bonds is 9. The van der Waals surface area contributed by atoms with Gasteiger partial charge in [-0.2, -0.15) is 0 Å². The summed E-state index contributed by atoms with van der Waals surface area (Å²) in [6, 6.07) is 3.34. The van der Waals surface area contributed by atoms with Gasteiger partial charge < -0.3 is 25.2 Å². The topological polar surface area (TPSA) is 162 Å². The van der Waals surface area contributed by atoms with Crippen LogP contribution in [0.5, 0.6) is 5.88 Å². The Balaban J connectivity index is 1.81. The maximum absolute atomic E-state index is 15.2. The number of nitrogens with one attached hydrogen (secondary N) is 2. The van der Waals surface area contributed by atoms with Gasteiger partial charge in [0.2, 0.25) is 11.8 Å². The number of amides is 2. The Morgan fingerprint density at radius 3 is 2.42 bits per heavy atom. The van der Waals surface area contributed by atoms with E-state index in [1.165, 1.54) is 36.2 Å². The van der Waals surface area contributed by atoms with Crippen LogP contribution < -0.4 is 10.6 Å². The van der Waals surface area contributed by atoms with Crippen molar-refractivity contribution >= 4 is 29.6 Å². The van der Waals surface area contributed by atoms with Gasteiger partial charge in [0.05, 0.1) is 25.8 Å². The van der Waals surface area contributed by atoms with Crippen LogP contribution in [0.25, 0.3) is 11.4 Å². The van der Waals surface area contributed by atoms with Crippen LogP contribution in [-0.2, 0) is 23.9 Å². The highest BCUT2D eigenvalue weighted by Crippen LogP contribution is 2.35. The first-order valence-corrected chi connectivity index (χ1v) is 12.4. The molecule has 40 heavy (non-hydrogen) atoms. The number of aromatic nitrogens is 3. The highest BCUT2D eigenvalue weighted by Gasteiger charge is 2.27. The monoisotopic (exact) mass is 557 g/mol. The maximum atomic E-state index is 15.2. The molecule has 0 aromatic heterocycles. The molecular weight excluding hydrogens is 525 g/mol. The molecule has 2 amide bonds. The fourth-order valence-corrected chi connectivity index (χ4v) is 3.79. The first kappa shape index (κ1) is 30.0. The standard InChI is InChI=1S/C27H32FN5O7/c1-14(33-13-29-22-17(24(33)36)12-20(31-22)32-26(38)27(2,3)4)16-8-7-15(11-18(16)28)23(35)30-19(25(37)40-6)9-10-21(34)39-5/h7-8,11-14,19,36H,9-10H2,1-6H3,(H,30,35)(H,32,38)/t14?,19-/m0/s1. The van der Waals surface area contributed by atoms with Gasteiger partial charge in [0.25, 0.3) is 5.91 Å². The van der Waals surface area contributed by atoms with E-state index in [1.807, 2.05) is 0 Å². The van der Waals surface area contributed by atoms with Crippen molar-refractivity contribution < 1.29 is 38.1 Å². The van der Waals surface area contributed by atoms with Crippen LogP contribution in [0.4, 0.5) is 10.2 Å². The van der Waals surface area contributed by atoms with Gasteiger partial charge in [-0.25, -0.2) is 19.2 Å². The van der Waals surface area contributed by atoms with Crippen molar-refractivity contribution in [2.24, 2.45) is 5.41 Å². The molecule has 3 N–H and O–H groups in total. The molecule has 214 valence electrons. The smallest absolute Gasteiger partial charge is 0.328 e. The van der Waals surface area contributed by atoms with Crippen molar-refractivity contribution in [2.75, 3.05) is 19.5 Å². The highest BCUT2D eigenvalue weighted by atomic mass is 19.1. The van der Waals surface area contributed by atoms with Crippen molar-refractivity contribution in [1.29, 1.82) is 0 Å². The Bertz CT molecular complexity index is 1400. The van der Waals surface area contributed by atoms with Crippen molar-refractivity contribution in [1.82, 2.24) is 19.9 Å². The van der Waals surface area contributed by atoms with Gasteiger partial charge in [-0.3, -0.25) is 19.0 Å². The Labute approximate surface area is 230 Å². The number of benzene rings is 1. The lowest BCUT2D eigenvalue weighted by atomic mass is 9.96. The first-order chi connectivity index (χ1) is 18.8. The zero-order valence-electron chi connectivity index (χ0n) is 23.1. The highest BCUT2D eigenvalue weighted by molar-refractivity contribution is 5.97. The largest absolute Gasteiger partial charge is 0.494 e. The Morgan fingerprint density at radius 2 is 1.82 bits per heavy atom. The summed E-state index contributed by atoms with van der Waals surface area (Å²) in [5.41, 5.74) is -0.314. The maximum Gasteiger partial charge on any atom is 0.328 e. The molecule has 3 rings (SSSR count). The number of aromatic hydroxyl groups is 1. The van der Waals surface area contributed by atoms with Crippen LogP contribution in [0.1, 0.15) is 62.5 Å². The van der Waals surface area contributed by atoms with E-state index in [4.69, 9.17) is 0 Å². The summed E-state index contributed by atoms with van der Waals surface area (Å²) < 4.78 is 25.8. The Morgan fingerprint density at radius 1 is 1.12 bits per heavy atom. The molecule has 2 heterocycles. The van der Waals surface area contributed by atoms with Crippen molar-refractivity contribution in [3.8, 4) is 17.3 Å². The molecule has 12 nitrogen and oxygen atoms in total. The number of carbonyl (C=O) groups excluding carboxylic acids is 4. The summed E-state index contributed by atoms with van der Waals surface area (Å²) in [5, 5.41) is 16.0. The number of esters is 2. The van der Waals surface area contributed by atoms with E-state index in [9.17, 15) is 24.3 Å². The number of halogens is 1. The molecular formula is C27H32FN5O7. The minimum atomic E-state index is -1.14. The third-order valence-electron chi connectivity index (χ3n) is 6.25. The zero-order chi connectivity index (χ0) is 29.8. The number of hydrogen-bond acceptors (Lipinski definition) is 9. The van der Waals surface area contributed by atoms with Crippen LogP contribution in [0.15, 0.2) is 30.6 Å². The minimum Gasteiger partial charge on any atom is -0.494 e. The lowest BCUT2D eigenvalue weighted by Gasteiger charge is -2.20. The second-order valence-electron chi connectivity index (χ2n) is 10.1. The molecule has 0 radical (unpaired) electrons. The van der Waals surface area contributed by atoms with Gasteiger partial charge >= 0.3 is 11.9 Å². The summed E-state index contributed by atoms with van der Waals surface area (Å²) in [6.07, 6.45) is 1.10. The van der Waals surface area contributed by atoms with E-state index < -0.39 is 41.2 Å². The summed E-state index contributed by atoms with van der Waals surface area (Å²) in [4.78, 5) is 57.0. The summed E-state index contributed by atoms with van der Waals surface area (Å²) in [7, 11) is 2.34. The van der Waals surface area contributed by atoms with Crippen molar-refractivity contribution in [3.05, 3.63) is 47.5 Å². The quantitative estimate of drug-likeness (QED) is 0.336. The molecule has 0 saturated carbocycles. The summed E-state index contributed by atoms with van der Waals surface area (Å²) in [5.74, 6) is -2.89. The first-order valence-electron chi connectivity index (χ1n) is 12.4. The molecule has 2 aliphatic heterocycles. The molecule has 1 aromatic rings. The minimum absolute atomic E-state index is 0.0632. The summed E-state index contributed by atoms with van der Waals surface area (Å²) in [6.45, 7) is 6.89. The van der Waals surface area contributed by atoms with Crippen LogP contribution >= 0.6 is 0 Å². The summed E-state index contributed by atoms with van der Waals surface area (Å²) >= 11 is 0. The predicted molar refractivity (Wildman–Crippen MR) is 141 cm³/mol. The van der Waals surface area contributed by atoms with Gasteiger partial charge in [-0.05, 0) is 31.5 Å². The van der Waals surface area contributed by atoms with Gasteiger partial charge in [-0.15, -0.1) is 0 Å². The number of methoxy groups -OCH3 is 2. The van der Waals surface area contributed by atoms with E-state index in [0.29, 0.717) is 0 Å². The number of carbonyl (C=O) groups is 4. The molecule has 13 heteroatoms. The molecule has 2 atom stereocenters. The van der Waals surface area contributed by atoms with Gasteiger partial charge in [0.15, 0.2) is 5.82 Å². The van der Waals surface area contributed by atoms with Crippen LogP contribution in [0.3, 0.4) is 0 Å². The van der Waals surface area contributed by atoms with E-state index in [0.717, 1.165) is 13.2 Å². The molecule has 0 fully saturated rings. The molecule has 0 saturated heterocycles. The van der Waals surface area contributed by atoms with Gasteiger partial charge in [0.1, 0.15) is 24.0 Å². The molecule has 0 spiro atoms. The van der Waals surface area contributed by atoms with E-state index in [-0.39, 0.29) is 53.0 Å². The third kappa shape index (κ3) is 6.71. The van der Waals surface area contributed by atoms with Crippen molar-refractivity contribution in [2.45, 2.75) is 52.6 Å². The SMILES string of the molecule is COC(=O)CC[C@H](NC(=O)c1ccc(C(C)n2cnc3nc(NC(=O)C(C)(C)C)cc-3c2O)c(F)c1)C(=O)OC. The Hall–Kier alpha value is -4.55. The number of ether oxygens (including phenoxy) is 2. The molecule has 0 aliphatic carbocycles. The fraction of sp³-hybridized carbons (Fsp3) is 0.407. The average molecular weight is 558 g/mol. The fourth-order valence-electron chi connectivity index (χ4n) is 3.79. The van der Waals surface area contributed by atoms with Crippen LogP contribution in [0.2, 0.25) is 0 Å². The second-order valence-corrected chi connectivity index (χ2v) is 10.1. The number of anilines is 1. The van der Waals surface area contributed by atoms with E-state index >= 15 is 4.39 Å². The van der Waals surface area contributed by atoms with Crippen molar-refractivity contribution in [3.63, 3.8) is 0 Å². The zero-order valence-corrected chi connectivity index (χ0v) is 23.1. The average Bonchev–Trinajstić information content (AvgIpc) is 3.32. The van der Waals surface area contributed by atoms with Gasteiger partial charge in [-0.1, -0.05) is 26.8 Å². The third-order valence-corrected chi connectivity index (χ3v) is 6.25. The predicted octanol–water partition coefficient (Wildman–Crippen LogP) is 3.05. The van der Waals surface area contributed by atoms with Crippen LogP contribution in [0, 0.1) is 11.2 Å². The molecule has 1 aromatic carbocycles. The van der Waals surface area contributed by atoms with Crippen LogP contribution in [-0.4, -0.2) is 63.7 Å². The number of hydrogen-bond donors (Lipinski definition) is 3. The van der Waals surface area contributed by atoms with Gasteiger partial charge in [0, 0.05) is 23.0 Å². The molecule has 0 bridgehead atoms. The van der Waals surface area contributed by atoms with E-state index in [2.05, 4.69) is 30.1 Å². The second kappa shape index (κ2) is 12.1.